The molecule has 3 rings (SSSR count). The van der Waals surface area contributed by atoms with Crippen molar-refractivity contribution in [3.63, 3.8) is 0 Å². The Labute approximate surface area is 146 Å². The predicted molar refractivity (Wildman–Crippen MR) is 103 cm³/mol. The number of aliphatic imine (C=N–C) groups is 1. The third-order valence-electron chi connectivity index (χ3n) is 4.00. The van der Waals surface area contributed by atoms with Gasteiger partial charge in [-0.05, 0) is 30.2 Å². The molecular formula is C20H20N4O. The second kappa shape index (κ2) is 7.57. The molecule has 5 nitrogen and oxygen atoms in total. The van der Waals surface area contributed by atoms with E-state index in [0.717, 1.165) is 11.3 Å². The van der Waals surface area contributed by atoms with E-state index in [1.807, 2.05) is 54.6 Å². The number of aromatic amines is 1. The Morgan fingerprint density at radius 1 is 1.16 bits per heavy atom. The van der Waals surface area contributed by atoms with Gasteiger partial charge in [0, 0.05) is 24.9 Å². The van der Waals surface area contributed by atoms with Crippen LogP contribution in [0.2, 0.25) is 0 Å². The molecule has 0 aliphatic carbocycles. The molecule has 0 radical (unpaired) electrons. The van der Waals surface area contributed by atoms with Crippen LogP contribution in [-0.2, 0) is 6.42 Å². The molecule has 0 saturated heterocycles. The third-order valence-corrected chi connectivity index (χ3v) is 4.00. The smallest absolute Gasteiger partial charge is 0.258 e. The monoisotopic (exact) mass is 332 g/mol. The maximum absolute atomic E-state index is 12.1. The number of benzene rings is 2. The summed E-state index contributed by atoms with van der Waals surface area (Å²) < 4.78 is 0. The van der Waals surface area contributed by atoms with Gasteiger partial charge in [0.05, 0.1) is 10.9 Å². The Morgan fingerprint density at radius 3 is 2.64 bits per heavy atom. The zero-order chi connectivity index (χ0) is 17.6. The third kappa shape index (κ3) is 4.01. The van der Waals surface area contributed by atoms with E-state index in [1.165, 1.54) is 0 Å². The normalized spacial score (nSPS) is 12.5. The summed E-state index contributed by atoms with van der Waals surface area (Å²) in [5.74, 6) is 0.650. The highest BCUT2D eigenvalue weighted by Crippen LogP contribution is 2.10. The molecule has 0 amide bonds. The first-order valence-electron chi connectivity index (χ1n) is 8.13. The van der Waals surface area contributed by atoms with Gasteiger partial charge in [-0.2, -0.15) is 0 Å². The second-order valence-corrected chi connectivity index (χ2v) is 5.71. The summed E-state index contributed by atoms with van der Waals surface area (Å²) in [5, 5.41) is 0.601. The Balaban J connectivity index is 1.77. The van der Waals surface area contributed by atoms with Crippen LogP contribution in [-0.4, -0.2) is 22.7 Å². The minimum absolute atomic E-state index is 0.116. The molecule has 0 fully saturated rings. The number of aryl methyl sites for hydroxylation is 1. The van der Waals surface area contributed by atoms with E-state index in [-0.39, 0.29) is 5.56 Å². The maximum atomic E-state index is 12.1. The van der Waals surface area contributed by atoms with Crippen molar-refractivity contribution in [3.05, 3.63) is 82.4 Å². The van der Waals surface area contributed by atoms with E-state index < -0.39 is 0 Å². The average molecular weight is 332 g/mol. The van der Waals surface area contributed by atoms with Crippen molar-refractivity contribution in [2.45, 2.75) is 12.8 Å². The van der Waals surface area contributed by atoms with Gasteiger partial charge >= 0.3 is 0 Å². The number of hydrogen-bond donors (Lipinski definition) is 2. The quantitative estimate of drug-likeness (QED) is 0.705. The first kappa shape index (κ1) is 16.6. The van der Waals surface area contributed by atoms with Crippen LogP contribution >= 0.6 is 0 Å². The van der Waals surface area contributed by atoms with Crippen molar-refractivity contribution >= 4 is 22.3 Å². The SMILES string of the molecule is CN=C(C=C(N)c1ccccc1)CCc1nc2ccccc2c(=O)[nH]1. The molecule has 0 aliphatic rings. The fourth-order valence-corrected chi connectivity index (χ4v) is 2.64. The Hall–Kier alpha value is -3.21. The lowest BCUT2D eigenvalue weighted by Gasteiger charge is -2.05. The first-order chi connectivity index (χ1) is 12.2. The summed E-state index contributed by atoms with van der Waals surface area (Å²) in [4.78, 5) is 23.8. The summed E-state index contributed by atoms with van der Waals surface area (Å²) >= 11 is 0. The predicted octanol–water partition coefficient (Wildman–Crippen LogP) is 2.93. The molecule has 0 atom stereocenters. The molecule has 0 saturated carbocycles. The number of rotatable bonds is 5. The van der Waals surface area contributed by atoms with E-state index in [9.17, 15) is 4.79 Å². The molecule has 0 bridgehead atoms. The number of nitrogens with zero attached hydrogens (tertiary/aromatic N) is 2. The van der Waals surface area contributed by atoms with Gasteiger partial charge in [-0.3, -0.25) is 9.79 Å². The highest BCUT2D eigenvalue weighted by Gasteiger charge is 2.05. The van der Waals surface area contributed by atoms with Crippen LogP contribution in [0.4, 0.5) is 0 Å². The first-order valence-corrected chi connectivity index (χ1v) is 8.13. The number of aromatic nitrogens is 2. The van der Waals surface area contributed by atoms with Crippen molar-refractivity contribution in [3.8, 4) is 0 Å². The molecule has 25 heavy (non-hydrogen) atoms. The standard InChI is InChI=1S/C20H20N4O/c1-22-15(13-17(21)14-7-3-2-4-8-14)11-12-19-23-18-10-6-5-9-16(18)20(25)24-19/h2-10,13H,11-12,21H2,1H3,(H,23,24,25). The van der Waals surface area contributed by atoms with Crippen LogP contribution in [0.5, 0.6) is 0 Å². The number of hydrogen-bond acceptors (Lipinski definition) is 4. The molecule has 5 heteroatoms. The summed E-state index contributed by atoms with van der Waals surface area (Å²) in [7, 11) is 1.74. The van der Waals surface area contributed by atoms with Crippen molar-refractivity contribution in [2.75, 3.05) is 7.05 Å². The van der Waals surface area contributed by atoms with Crippen molar-refractivity contribution < 1.29 is 0 Å². The summed E-state index contributed by atoms with van der Waals surface area (Å²) in [6.45, 7) is 0. The van der Waals surface area contributed by atoms with Gasteiger partial charge < -0.3 is 10.7 Å². The molecule has 1 aromatic heterocycles. The Morgan fingerprint density at radius 2 is 1.88 bits per heavy atom. The fraction of sp³-hybridized carbons (Fsp3) is 0.150. The Bertz CT molecular complexity index is 987. The highest BCUT2D eigenvalue weighted by molar-refractivity contribution is 6.00. The van der Waals surface area contributed by atoms with E-state index in [4.69, 9.17) is 5.73 Å². The Kier molecular flexibility index (Phi) is 5.04. The number of allylic oxidation sites excluding steroid dienone is 1. The molecule has 0 unspecified atom stereocenters. The fourth-order valence-electron chi connectivity index (χ4n) is 2.64. The summed E-state index contributed by atoms with van der Waals surface area (Å²) in [5.41, 5.74) is 9.22. The van der Waals surface area contributed by atoms with Crippen LogP contribution in [0, 0.1) is 0 Å². The van der Waals surface area contributed by atoms with Crippen molar-refractivity contribution in [1.82, 2.24) is 9.97 Å². The zero-order valence-electron chi connectivity index (χ0n) is 14.1. The topological polar surface area (TPSA) is 84.1 Å². The molecule has 3 aromatic rings. The molecule has 2 aromatic carbocycles. The maximum Gasteiger partial charge on any atom is 0.258 e. The number of fused-ring (bicyclic) bond motifs is 1. The largest absolute Gasteiger partial charge is 0.398 e. The zero-order valence-corrected chi connectivity index (χ0v) is 14.1. The lowest BCUT2D eigenvalue weighted by molar-refractivity contribution is 0.901. The van der Waals surface area contributed by atoms with Gasteiger partial charge in [0.25, 0.3) is 5.56 Å². The summed E-state index contributed by atoms with van der Waals surface area (Å²) in [6, 6.07) is 17.1. The molecule has 126 valence electrons. The van der Waals surface area contributed by atoms with Crippen LogP contribution < -0.4 is 11.3 Å². The number of para-hydroxylation sites is 1. The average Bonchev–Trinajstić information content (AvgIpc) is 2.65. The lowest BCUT2D eigenvalue weighted by Crippen LogP contribution is -2.13. The van der Waals surface area contributed by atoms with Crippen LogP contribution in [0.15, 0.2) is 70.5 Å². The van der Waals surface area contributed by atoms with Gasteiger partial charge in [-0.1, -0.05) is 42.5 Å². The molecule has 0 spiro atoms. The van der Waals surface area contributed by atoms with Gasteiger partial charge in [0.1, 0.15) is 5.82 Å². The lowest BCUT2D eigenvalue weighted by atomic mass is 10.1. The molecule has 3 N–H and O–H groups in total. The molecule has 0 aliphatic heterocycles. The summed E-state index contributed by atoms with van der Waals surface area (Å²) in [6.07, 6.45) is 3.10. The van der Waals surface area contributed by atoms with E-state index in [2.05, 4.69) is 15.0 Å². The van der Waals surface area contributed by atoms with Crippen LogP contribution in [0.1, 0.15) is 17.8 Å². The number of nitrogens with one attached hydrogen (secondary N) is 1. The minimum Gasteiger partial charge on any atom is -0.398 e. The van der Waals surface area contributed by atoms with Crippen LogP contribution in [0.25, 0.3) is 16.6 Å². The molecule has 1 heterocycles. The number of H-pyrrole nitrogens is 1. The van der Waals surface area contributed by atoms with E-state index in [1.54, 1.807) is 13.1 Å². The van der Waals surface area contributed by atoms with E-state index in [0.29, 0.717) is 35.3 Å². The van der Waals surface area contributed by atoms with E-state index >= 15 is 0 Å². The number of nitrogens with two attached hydrogens (primary N) is 1. The minimum atomic E-state index is -0.116. The van der Waals surface area contributed by atoms with Crippen LogP contribution in [0.3, 0.4) is 0 Å². The van der Waals surface area contributed by atoms with Crippen molar-refractivity contribution in [1.29, 1.82) is 0 Å². The van der Waals surface area contributed by atoms with Gasteiger partial charge in [-0.15, -0.1) is 0 Å². The van der Waals surface area contributed by atoms with Gasteiger partial charge in [0.2, 0.25) is 0 Å². The highest BCUT2D eigenvalue weighted by atomic mass is 16.1. The van der Waals surface area contributed by atoms with Crippen molar-refractivity contribution in [2.24, 2.45) is 10.7 Å². The van der Waals surface area contributed by atoms with Gasteiger partial charge in [0.15, 0.2) is 0 Å². The van der Waals surface area contributed by atoms with Gasteiger partial charge in [-0.25, -0.2) is 4.98 Å². The molecular weight excluding hydrogens is 312 g/mol. The second-order valence-electron chi connectivity index (χ2n) is 5.71.